The zero-order valence-electron chi connectivity index (χ0n) is 12.8. The number of nitrogens with zero attached hydrogens (tertiary/aromatic N) is 3. The third kappa shape index (κ3) is 2.59. The van der Waals surface area contributed by atoms with E-state index in [1.807, 2.05) is 29.6 Å². The average Bonchev–Trinajstić information content (AvgIpc) is 3.27. The van der Waals surface area contributed by atoms with Crippen LogP contribution in [0.25, 0.3) is 21.7 Å². The van der Waals surface area contributed by atoms with E-state index >= 15 is 0 Å². The van der Waals surface area contributed by atoms with Crippen molar-refractivity contribution in [3.63, 3.8) is 0 Å². The van der Waals surface area contributed by atoms with Crippen molar-refractivity contribution in [3.8, 4) is 17.2 Å². The Morgan fingerprint density at radius 2 is 2.08 bits per heavy atom. The van der Waals surface area contributed by atoms with Gasteiger partial charge in [-0.15, -0.1) is 11.3 Å². The molecule has 7 heteroatoms. The quantitative estimate of drug-likeness (QED) is 0.571. The first-order chi connectivity index (χ1) is 11.7. The number of aromatic nitrogens is 3. The highest BCUT2D eigenvalue weighted by Crippen LogP contribution is 2.22. The van der Waals surface area contributed by atoms with Crippen molar-refractivity contribution in [2.24, 2.45) is 0 Å². The number of oxazole rings is 1. The van der Waals surface area contributed by atoms with E-state index in [0.717, 1.165) is 16.1 Å². The summed E-state index contributed by atoms with van der Waals surface area (Å²) in [6.45, 7) is 0.317. The maximum absolute atomic E-state index is 12.4. The smallest absolute Gasteiger partial charge is 0.262 e. The van der Waals surface area contributed by atoms with Crippen LogP contribution >= 0.6 is 11.3 Å². The van der Waals surface area contributed by atoms with E-state index < -0.39 is 0 Å². The first-order valence-electron chi connectivity index (χ1n) is 7.26. The van der Waals surface area contributed by atoms with Crippen LogP contribution in [0.3, 0.4) is 0 Å². The Hall–Kier alpha value is -2.93. The number of rotatable bonds is 4. The van der Waals surface area contributed by atoms with E-state index in [0.29, 0.717) is 23.5 Å². The van der Waals surface area contributed by atoms with Crippen molar-refractivity contribution < 1.29 is 9.15 Å². The highest BCUT2D eigenvalue weighted by molar-refractivity contribution is 7.16. The lowest BCUT2D eigenvalue weighted by Crippen LogP contribution is -2.20. The topological polar surface area (TPSA) is 70.2 Å². The monoisotopic (exact) mass is 339 g/mol. The summed E-state index contributed by atoms with van der Waals surface area (Å²) >= 11 is 1.45. The molecule has 0 fully saturated rings. The number of hydrogen-bond acceptors (Lipinski definition) is 6. The molecule has 3 aromatic heterocycles. The number of ether oxygens (including phenoxy) is 1. The van der Waals surface area contributed by atoms with Gasteiger partial charge in [0.05, 0.1) is 31.1 Å². The summed E-state index contributed by atoms with van der Waals surface area (Å²) in [7, 11) is 1.62. The number of benzene rings is 1. The summed E-state index contributed by atoms with van der Waals surface area (Å²) in [5.74, 6) is 1.28. The Bertz CT molecular complexity index is 1050. The van der Waals surface area contributed by atoms with E-state index in [2.05, 4.69) is 9.97 Å². The van der Waals surface area contributed by atoms with E-state index in [1.165, 1.54) is 15.9 Å². The summed E-state index contributed by atoms with van der Waals surface area (Å²) in [5.41, 5.74) is 1.44. The molecule has 0 spiro atoms. The van der Waals surface area contributed by atoms with Gasteiger partial charge in [-0.1, -0.05) is 0 Å². The van der Waals surface area contributed by atoms with Gasteiger partial charge in [0.2, 0.25) is 5.89 Å². The summed E-state index contributed by atoms with van der Waals surface area (Å²) in [4.78, 5) is 21.9. The fourth-order valence-electron chi connectivity index (χ4n) is 2.43. The average molecular weight is 339 g/mol. The van der Waals surface area contributed by atoms with E-state index in [4.69, 9.17) is 9.15 Å². The van der Waals surface area contributed by atoms with Gasteiger partial charge in [0.15, 0.2) is 0 Å². The predicted molar refractivity (Wildman–Crippen MR) is 91.5 cm³/mol. The van der Waals surface area contributed by atoms with Crippen LogP contribution in [0.2, 0.25) is 0 Å². The molecule has 4 aromatic rings. The summed E-state index contributed by atoms with van der Waals surface area (Å²) < 4.78 is 12.2. The van der Waals surface area contributed by atoms with Crippen molar-refractivity contribution in [2.45, 2.75) is 6.54 Å². The van der Waals surface area contributed by atoms with Crippen molar-refractivity contribution >= 4 is 21.6 Å². The van der Waals surface area contributed by atoms with Crippen molar-refractivity contribution in [2.75, 3.05) is 7.11 Å². The van der Waals surface area contributed by atoms with Crippen molar-refractivity contribution in [3.05, 3.63) is 64.4 Å². The molecular weight excluding hydrogens is 326 g/mol. The molecule has 0 aliphatic heterocycles. The minimum atomic E-state index is -0.0738. The van der Waals surface area contributed by atoms with Gasteiger partial charge in [0, 0.05) is 5.56 Å². The Morgan fingerprint density at radius 3 is 2.88 bits per heavy atom. The van der Waals surface area contributed by atoms with Gasteiger partial charge in [-0.3, -0.25) is 9.36 Å². The molecule has 0 amide bonds. The minimum Gasteiger partial charge on any atom is -0.497 e. The predicted octanol–water partition coefficient (Wildman–Crippen LogP) is 3.17. The second-order valence-corrected chi connectivity index (χ2v) is 6.08. The number of fused-ring (bicyclic) bond motifs is 1. The van der Waals surface area contributed by atoms with Crippen LogP contribution in [0, 0.1) is 0 Å². The maximum atomic E-state index is 12.4. The molecular formula is C17H13N3O3S. The van der Waals surface area contributed by atoms with Crippen LogP contribution in [0.1, 0.15) is 5.69 Å². The van der Waals surface area contributed by atoms with E-state index in [1.54, 1.807) is 25.8 Å². The Balaban J connectivity index is 1.62. The van der Waals surface area contributed by atoms with Crippen LogP contribution in [0.5, 0.6) is 5.75 Å². The number of methoxy groups -OCH3 is 1. The molecule has 120 valence electrons. The van der Waals surface area contributed by atoms with Crippen LogP contribution < -0.4 is 10.3 Å². The van der Waals surface area contributed by atoms with Gasteiger partial charge in [-0.2, -0.15) is 0 Å². The molecule has 24 heavy (non-hydrogen) atoms. The fourth-order valence-corrected chi connectivity index (χ4v) is 3.15. The van der Waals surface area contributed by atoms with Crippen LogP contribution in [-0.2, 0) is 6.54 Å². The second-order valence-electron chi connectivity index (χ2n) is 5.19. The molecule has 0 aliphatic rings. The highest BCUT2D eigenvalue weighted by Gasteiger charge is 2.10. The molecule has 4 rings (SSSR count). The van der Waals surface area contributed by atoms with Gasteiger partial charge in [0.25, 0.3) is 5.56 Å². The molecule has 0 unspecified atom stereocenters. The molecule has 0 saturated carbocycles. The Labute approximate surface area is 141 Å². The molecule has 0 N–H and O–H groups in total. The van der Waals surface area contributed by atoms with E-state index in [-0.39, 0.29) is 5.56 Å². The second kappa shape index (κ2) is 5.93. The third-order valence-electron chi connectivity index (χ3n) is 3.67. The Kier molecular flexibility index (Phi) is 3.62. The Morgan fingerprint density at radius 1 is 1.25 bits per heavy atom. The van der Waals surface area contributed by atoms with Gasteiger partial charge in [0.1, 0.15) is 16.8 Å². The van der Waals surface area contributed by atoms with E-state index in [9.17, 15) is 4.79 Å². The maximum Gasteiger partial charge on any atom is 0.262 e. The molecule has 0 saturated heterocycles. The van der Waals surface area contributed by atoms with Crippen molar-refractivity contribution in [1.29, 1.82) is 0 Å². The van der Waals surface area contributed by atoms with Gasteiger partial charge in [-0.25, -0.2) is 9.97 Å². The molecule has 0 atom stereocenters. The van der Waals surface area contributed by atoms with Crippen LogP contribution in [-0.4, -0.2) is 21.6 Å². The number of thiophene rings is 1. The largest absolute Gasteiger partial charge is 0.497 e. The van der Waals surface area contributed by atoms with Gasteiger partial charge >= 0.3 is 0 Å². The SMILES string of the molecule is COc1ccc(-c2nc(Cn3cnc4sccc4c3=O)co2)cc1. The summed E-state index contributed by atoms with van der Waals surface area (Å²) in [6.07, 6.45) is 3.10. The molecule has 1 aromatic carbocycles. The normalized spacial score (nSPS) is 11.0. The molecule has 3 heterocycles. The van der Waals surface area contributed by atoms with Gasteiger partial charge in [-0.05, 0) is 35.7 Å². The van der Waals surface area contributed by atoms with Crippen molar-refractivity contribution in [1.82, 2.24) is 14.5 Å². The van der Waals surface area contributed by atoms with Gasteiger partial charge < -0.3 is 9.15 Å². The molecule has 0 bridgehead atoms. The fraction of sp³-hybridized carbons (Fsp3) is 0.118. The molecule has 0 aliphatic carbocycles. The lowest BCUT2D eigenvalue weighted by atomic mass is 10.2. The summed E-state index contributed by atoms with van der Waals surface area (Å²) in [5, 5.41) is 2.49. The summed E-state index contributed by atoms with van der Waals surface area (Å²) in [6, 6.07) is 9.23. The standard InChI is InChI=1S/C17H13N3O3S/c1-22-13-4-2-11(3-5-13)15-19-12(9-23-15)8-20-10-18-16-14(17(20)21)6-7-24-16/h2-7,9-10H,8H2,1H3. The zero-order chi connectivity index (χ0) is 16.5. The van der Waals surface area contributed by atoms with Crippen LogP contribution in [0.15, 0.2) is 57.5 Å². The molecule has 0 radical (unpaired) electrons. The zero-order valence-corrected chi connectivity index (χ0v) is 13.6. The third-order valence-corrected chi connectivity index (χ3v) is 4.49. The lowest BCUT2D eigenvalue weighted by molar-refractivity contribution is 0.415. The first kappa shape index (κ1) is 14.6. The minimum absolute atomic E-state index is 0.0738. The number of hydrogen-bond donors (Lipinski definition) is 0. The molecule has 6 nitrogen and oxygen atoms in total. The first-order valence-corrected chi connectivity index (χ1v) is 8.14. The van der Waals surface area contributed by atoms with Crippen LogP contribution in [0.4, 0.5) is 0 Å². The lowest BCUT2D eigenvalue weighted by Gasteiger charge is -2.01. The highest BCUT2D eigenvalue weighted by atomic mass is 32.1.